The van der Waals surface area contributed by atoms with Gasteiger partial charge in [0.05, 0.1) is 25.2 Å². The molecule has 0 spiro atoms. The van der Waals surface area contributed by atoms with E-state index in [-0.39, 0.29) is 0 Å². The Balaban J connectivity index is 2.06. The van der Waals surface area contributed by atoms with Gasteiger partial charge in [-0.2, -0.15) is 5.26 Å². The lowest BCUT2D eigenvalue weighted by atomic mass is 10.3. The number of fused-ring (bicyclic) bond motifs is 1. The number of nitriles is 1. The zero-order valence-corrected chi connectivity index (χ0v) is 4.50. The maximum absolute atomic E-state index is 8.41. The average Bonchev–Trinajstić information content (AvgIpc) is 2.22. The number of rotatable bonds is 0. The van der Waals surface area contributed by atoms with Crippen molar-refractivity contribution in [3.8, 4) is 6.07 Å². The third-order valence-corrected chi connectivity index (χ3v) is 2.10. The molecule has 2 nitrogen and oxygen atoms in total. The summed E-state index contributed by atoms with van der Waals surface area (Å²) in [6.07, 6.45) is 0. The molecule has 2 fully saturated rings. The second kappa shape index (κ2) is 1.24. The fourth-order valence-corrected chi connectivity index (χ4v) is 1.43. The minimum absolute atomic E-state index is 0.351. The molecule has 1 aliphatic heterocycles. The van der Waals surface area contributed by atoms with Gasteiger partial charge in [-0.15, -0.1) is 0 Å². The SMILES string of the molecule is N#CC1C2COC[C@@H]12. The summed E-state index contributed by atoms with van der Waals surface area (Å²) in [5, 5.41) is 8.41. The molecular formula is C6H7NO. The van der Waals surface area contributed by atoms with Crippen LogP contribution >= 0.6 is 0 Å². The predicted molar refractivity (Wildman–Crippen MR) is 26.9 cm³/mol. The van der Waals surface area contributed by atoms with Gasteiger partial charge in [0.15, 0.2) is 0 Å². The normalized spacial score (nSPS) is 50.1. The van der Waals surface area contributed by atoms with Crippen molar-refractivity contribution in [3.63, 3.8) is 0 Å². The van der Waals surface area contributed by atoms with E-state index in [1.165, 1.54) is 0 Å². The lowest BCUT2D eigenvalue weighted by Gasteiger charge is -1.92. The van der Waals surface area contributed by atoms with Crippen LogP contribution in [-0.4, -0.2) is 13.2 Å². The molecular weight excluding hydrogens is 102 g/mol. The molecule has 0 aromatic heterocycles. The first kappa shape index (κ1) is 4.34. The zero-order valence-electron chi connectivity index (χ0n) is 4.50. The number of ether oxygens (including phenoxy) is 1. The Hall–Kier alpha value is -0.550. The monoisotopic (exact) mass is 109 g/mol. The summed E-state index contributed by atoms with van der Waals surface area (Å²) >= 11 is 0. The highest BCUT2D eigenvalue weighted by molar-refractivity contribution is 5.10. The van der Waals surface area contributed by atoms with Crippen molar-refractivity contribution in [1.82, 2.24) is 0 Å². The van der Waals surface area contributed by atoms with Crippen LogP contribution in [0.2, 0.25) is 0 Å². The molecule has 1 aliphatic carbocycles. The molecule has 2 heteroatoms. The van der Waals surface area contributed by atoms with Gasteiger partial charge in [0, 0.05) is 11.8 Å². The van der Waals surface area contributed by atoms with Crippen LogP contribution in [0.5, 0.6) is 0 Å². The highest BCUT2D eigenvalue weighted by atomic mass is 16.5. The van der Waals surface area contributed by atoms with Crippen LogP contribution in [0.1, 0.15) is 0 Å². The molecule has 3 atom stereocenters. The van der Waals surface area contributed by atoms with E-state index in [1.807, 2.05) is 0 Å². The van der Waals surface area contributed by atoms with Crippen molar-refractivity contribution in [2.75, 3.05) is 13.2 Å². The Morgan fingerprint density at radius 3 is 2.38 bits per heavy atom. The smallest absolute Gasteiger partial charge is 0.0663 e. The van der Waals surface area contributed by atoms with E-state index in [0.29, 0.717) is 17.8 Å². The summed E-state index contributed by atoms with van der Waals surface area (Å²) < 4.78 is 5.09. The van der Waals surface area contributed by atoms with Crippen LogP contribution in [-0.2, 0) is 4.74 Å². The first-order valence-electron chi connectivity index (χ1n) is 2.91. The topological polar surface area (TPSA) is 33.0 Å². The molecule has 0 radical (unpaired) electrons. The number of hydrogen-bond acceptors (Lipinski definition) is 2. The van der Waals surface area contributed by atoms with Crippen molar-refractivity contribution >= 4 is 0 Å². The third kappa shape index (κ3) is 0.354. The van der Waals surface area contributed by atoms with Gasteiger partial charge in [0.25, 0.3) is 0 Å². The van der Waals surface area contributed by atoms with Gasteiger partial charge in [-0.3, -0.25) is 0 Å². The molecule has 8 heavy (non-hydrogen) atoms. The van der Waals surface area contributed by atoms with Crippen molar-refractivity contribution in [2.24, 2.45) is 17.8 Å². The molecule has 42 valence electrons. The second-order valence-electron chi connectivity index (χ2n) is 2.52. The Morgan fingerprint density at radius 2 is 2.00 bits per heavy atom. The molecule has 2 rings (SSSR count). The Bertz CT molecular complexity index is 139. The lowest BCUT2D eigenvalue weighted by Crippen LogP contribution is -1.94. The fourth-order valence-electron chi connectivity index (χ4n) is 1.43. The Labute approximate surface area is 48.1 Å². The van der Waals surface area contributed by atoms with E-state index in [1.54, 1.807) is 0 Å². The van der Waals surface area contributed by atoms with E-state index >= 15 is 0 Å². The first-order valence-corrected chi connectivity index (χ1v) is 2.91. The van der Waals surface area contributed by atoms with Gasteiger partial charge in [-0.25, -0.2) is 0 Å². The summed E-state index contributed by atoms with van der Waals surface area (Å²) in [6, 6.07) is 2.26. The molecule has 1 saturated carbocycles. The highest BCUT2D eigenvalue weighted by Gasteiger charge is 2.54. The van der Waals surface area contributed by atoms with Gasteiger partial charge in [0.1, 0.15) is 0 Å². The summed E-state index contributed by atoms with van der Waals surface area (Å²) in [4.78, 5) is 0. The van der Waals surface area contributed by atoms with Gasteiger partial charge in [-0.05, 0) is 0 Å². The molecule has 0 aromatic carbocycles. The molecule has 1 heterocycles. The molecule has 0 aromatic rings. The predicted octanol–water partition coefficient (Wildman–Crippen LogP) is 0.402. The molecule has 0 N–H and O–H groups in total. The molecule has 1 saturated heterocycles. The maximum atomic E-state index is 8.41. The van der Waals surface area contributed by atoms with Crippen molar-refractivity contribution in [2.45, 2.75) is 0 Å². The largest absolute Gasteiger partial charge is 0.381 e. The van der Waals surface area contributed by atoms with Gasteiger partial charge < -0.3 is 4.74 Å². The number of nitrogens with zero attached hydrogens (tertiary/aromatic N) is 1. The first-order chi connectivity index (χ1) is 3.93. The summed E-state index contributed by atoms with van der Waals surface area (Å²) in [7, 11) is 0. The van der Waals surface area contributed by atoms with Crippen LogP contribution in [0.3, 0.4) is 0 Å². The Kier molecular flexibility index (Phi) is 0.671. The highest BCUT2D eigenvalue weighted by Crippen LogP contribution is 2.49. The molecule has 2 aliphatic rings. The van der Waals surface area contributed by atoms with E-state index in [0.717, 1.165) is 13.2 Å². The van der Waals surface area contributed by atoms with Crippen LogP contribution in [0.15, 0.2) is 0 Å². The fraction of sp³-hybridized carbons (Fsp3) is 0.833. The second-order valence-corrected chi connectivity index (χ2v) is 2.52. The minimum Gasteiger partial charge on any atom is -0.381 e. The molecule has 0 bridgehead atoms. The van der Waals surface area contributed by atoms with Crippen molar-refractivity contribution < 1.29 is 4.74 Å². The van der Waals surface area contributed by atoms with Crippen LogP contribution in [0, 0.1) is 29.1 Å². The summed E-state index contributed by atoms with van der Waals surface area (Å²) in [6.45, 7) is 1.67. The maximum Gasteiger partial charge on any atom is 0.0663 e. The van der Waals surface area contributed by atoms with Gasteiger partial charge in [-0.1, -0.05) is 0 Å². The summed E-state index contributed by atoms with van der Waals surface area (Å²) in [5.74, 6) is 1.57. The minimum atomic E-state index is 0.351. The summed E-state index contributed by atoms with van der Waals surface area (Å²) in [5.41, 5.74) is 0. The van der Waals surface area contributed by atoms with Crippen LogP contribution in [0.25, 0.3) is 0 Å². The van der Waals surface area contributed by atoms with E-state index in [4.69, 9.17) is 10.00 Å². The zero-order chi connectivity index (χ0) is 5.56. The lowest BCUT2D eigenvalue weighted by molar-refractivity contribution is 0.158. The number of hydrogen-bond donors (Lipinski definition) is 0. The van der Waals surface area contributed by atoms with Crippen molar-refractivity contribution in [1.29, 1.82) is 5.26 Å². The molecule has 2 unspecified atom stereocenters. The average molecular weight is 109 g/mol. The Morgan fingerprint density at radius 1 is 1.38 bits per heavy atom. The molecule has 0 amide bonds. The van der Waals surface area contributed by atoms with E-state index < -0.39 is 0 Å². The van der Waals surface area contributed by atoms with Crippen LogP contribution < -0.4 is 0 Å². The van der Waals surface area contributed by atoms with E-state index in [9.17, 15) is 0 Å². The standard InChI is InChI=1S/C6H7NO/c7-1-4-5-2-8-3-6(4)5/h4-6H,2-3H2/t4?,5-,6?/m0/s1. The van der Waals surface area contributed by atoms with Gasteiger partial charge >= 0.3 is 0 Å². The third-order valence-electron chi connectivity index (χ3n) is 2.10. The van der Waals surface area contributed by atoms with Crippen LogP contribution in [0.4, 0.5) is 0 Å². The quantitative estimate of drug-likeness (QED) is 0.451. The van der Waals surface area contributed by atoms with Crippen molar-refractivity contribution in [3.05, 3.63) is 0 Å². The van der Waals surface area contributed by atoms with E-state index in [2.05, 4.69) is 6.07 Å². The van der Waals surface area contributed by atoms with Gasteiger partial charge in [0.2, 0.25) is 0 Å².